The third-order valence-electron chi connectivity index (χ3n) is 6.42. The lowest BCUT2D eigenvalue weighted by molar-refractivity contribution is -0.134. The van der Waals surface area contributed by atoms with Crippen molar-refractivity contribution in [1.29, 1.82) is 0 Å². The maximum Gasteiger partial charge on any atom is 0.341 e. The van der Waals surface area contributed by atoms with E-state index in [1.807, 2.05) is 35.2 Å². The molecule has 1 N–H and O–H groups in total. The minimum absolute atomic E-state index is 0.0615. The highest BCUT2D eigenvalue weighted by molar-refractivity contribution is 7.70. The van der Waals surface area contributed by atoms with Gasteiger partial charge in [-0.1, -0.05) is 24.3 Å². The van der Waals surface area contributed by atoms with Gasteiger partial charge in [0, 0.05) is 37.5 Å². The van der Waals surface area contributed by atoms with E-state index in [4.69, 9.17) is 4.74 Å². The summed E-state index contributed by atoms with van der Waals surface area (Å²) in [7, 11) is -2.64. The van der Waals surface area contributed by atoms with Crippen molar-refractivity contribution >= 4 is 22.8 Å². The zero-order valence-corrected chi connectivity index (χ0v) is 17.1. The van der Waals surface area contributed by atoms with E-state index < -0.39 is 21.9 Å². The first-order valence-electron chi connectivity index (χ1n) is 9.88. The standard InChI is InChI=1S/C21H21N3O5S/c25-18-16-12-22-9-5-17(16)21(29-18)8-10-24(13-21)19(26)20(6-7-20)15-3-1-14(2-4-15)11-23-30(27)28/h1-5,9,12,30H,6-8,10-11,13H2,(H,23,27,28). The Balaban J connectivity index is 1.34. The largest absolute Gasteiger partial charge is 0.449 e. The van der Waals surface area contributed by atoms with Crippen LogP contribution in [0.25, 0.3) is 0 Å². The third-order valence-corrected chi connectivity index (χ3v) is 6.83. The summed E-state index contributed by atoms with van der Waals surface area (Å²) in [6, 6.07) is 9.32. The van der Waals surface area contributed by atoms with Crippen molar-refractivity contribution in [2.45, 2.75) is 36.8 Å². The molecule has 1 saturated carbocycles. The topological polar surface area (TPSA) is 106 Å². The molecule has 2 aliphatic heterocycles. The van der Waals surface area contributed by atoms with E-state index >= 15 is 0 Å². The number of rotatable bonds is 5. The lowest BCUT2D eigenvalue weighted by atomic mass is 9.92. The van der Waals surface area contributed by atoms with Crippen LogP contribution in [0, 0.1) is 0 Å². The Bertz CT molecular complexity index is 1100. The van der Waals surface area contributed by atoms with Crippen molar-refractivity contribution in [1.82, 2.24) is 14.6 Å². The molecule has 30 heavy (non-hydrogen) atoms. The number of esters is 1. The average Bonchev–Trinajstić information content (AvgIpc) is 3.39. The second-order valence-corrected chi connectivity index (χ2v) is 8.98. The molecule has 2 aromatic rings. The number of ether oxygens (including phenoxy) is 1. The van der Waals surface area contributed by atoms with Gasteiger partial charge in [-0.15, -0.1) is 0 Å². The van der Waals surface area contributed by atoms with Crippen LogP contribution in [-0.2, 0) is 38.0 Å². The first kappa shape index (κ1) is 19.2. The van der Waals surface area contributed by atoms with Crippen molar-refractivity contribution in [3.05, 3.63) is 65.0 Å². The van der Waals surface area contributed by atoms with Gasteiger partial charge >= 0.3 is 5.97 Å². The van der Waals surface area contributed by atoms with E-state index in [9.17, 15) is 18.0 Å². The van der Waals surface area contributed by atoms with Crippen molar-refractivity contribution < 1.29 is 22.7 Å². The van der Waals surface area contributed by atoms with Crippen LogP contribution in [0.5, 0.6) is 0 Å². The highest BCUT2D eigenvalue weighted by Gasteiger charge is 2.57. The summed E-state index contributed by atoms with van der Waals surface area (Å²) in [5.74, 6) is -0.316. The lowest BCUT2D eigenvalue weighted by Gasteiger charge is -2.27. The highest BCUT2D eigenvalue weighted by Crippen LogP contribution is 2.52. The van der Waals surface area contributed by atoms with E-state index in [0.29, 0.717) is 25.1 Å². The molecule has 9 heteroatoms. The summed E-state index contributed by atoms with van der Waals surface area (Å²) in [6.45, 7) is 1.12. The zero-order valence-electron chi connectivity index (χ0n) is 16.2. The summed E-state index contributed by atoms with van der Waals surface area (Å²) in [4.78, 5) is 31.5. The number of pyridine rings is 1. The number of amides is 1. The van der Waals surface area contributed by atoms with Crippen molar-refractivity contribution in [2.24, 2.45) is 0 Å². The number of aromatic nitrogens is 1. The zero-order chi connectivity index (χ0) is 20.9. The first-order chi connectivity index (χ1) is 14.4. The summed E-state index contributed by atoms with van der Waals surface area (Å²) >= 11 is 0. The SMILES string of the molecule is O=C1OC2(CCN(C(=O)C3(c4ccc(CN[SH](=O)=O)cc4)CC3)C2)c2ccncc21. The Labute approximate surface area is 175 Å². The smallest absolute Gasteiger partial charge is 0.341 e. The Morgan fingerprint density at radius 1 is 1.17 bits per heavy atom. The summed E-state index contributed by atoms with van der Waals surface area (Å²) < 4.78 is 29.5. The number of hydrogen-bond acceptors (Lipinski definition) is 6. The Morgan fingerprint density at radius 2 is 1.93 bits per heavy atom. The monoisotopic (exact) mass is 427 g/mol. The van der Waals surface area contributed by atoms with Crippen LogP contribution < -0.4 is 4.72 Å². The fourth-order valence-corrected chi connectivity index (χ4v) is 4.96. The minimum atomic E-state index is -2.64. The van der Waals surface area contributed by atoms with Crippen LogP contribution in [-0.4, -0.2) is 43.3 Å². The van der Waals surface area contributed by atoms with Gasteiger partial charge in [0.2, 0.25) is 16.8 Å². The van der Waals surface area contributed by atoms with E-state index in [-0.39, 0.29) is 18.4 Å². The van der Waals surface area contributed by atoms with Crippen LogP contribution in [0.2, 0.25) is 0 Å². The normalized spacial score (nSPS) is 23.6. The predicted octanol–water partition coefficient (Wildman–Crippen LogP) is 1.03. The van der Waals surface area contributed by atoms with Crippen LogP contribution >= 0.6 is 0 Å². The van der Waals surface area contributed by atoms with Crippen LogP contribution in [0.15, 0.2) is 42.7 Å². The number of fused-ring (bicyclic) bond motifs is 2. The second-order valence-electron chi connectivity index (χ2n) is 8.15. The first-order valence-corrected chi connectivity index (χ1v) is 11.1. The van der Waals surface area contributed by atoms with Crippen molar-refractivity contribution in [3.63, 3.8) is 0 Å². The molecule has 1 unspecified atom stereocenters. The fourth-order valence-electron chi connectivity index (χ4n) is 4.65. The van der Waals surface area contributed by atoms with Gasteiger partial charge in [0.1, 0.15) is 0 Å². The highest BCUT2D eigenvalue weighted by atomic mass is 32.2. The molecule has 1 saturated heterocycles. The van der Waals surface area contributed by atoms with Gasteiger partial charge in [-0.25, -0.2) is 17.9 Å². The van der Waals surface area contributed by atoms with Gasteiger partial charge in [-0.05, 0) is 30.0 Å². The van der Waals surface area contributed by atoms with Gasteiger partial charge in [-0.3, -0.25) is 9.78 Å². The third kappa shape index (κ3) is 3.00. The molecule has 3 aliphatic rings. The number of carbonyl (C=O) groups is 2. The molecule has 3 heterocycles. The molecule has 5 rings (SSSR count). The van der Waals surface area contributed by atoms with Gasteiger partial charge in [0.05, 0.1) is 17.5 Å². The van der Waals surface area contributed by atoms with Gasteiger partial charge in [-0.2, -0.15) is 0 Å². The average molecular weight is 427 g/mol. The molecule has 1 aliphatic carbocycles. The molecule has 1 atom stereocenters. The minimum Gasteiger partial charge on any atom is -0.449 e. The maximum atomic E-state index is 13.4. The Hall–Kier alpha value is -2.78. The van der Waals surface area contributed by atoms with E-state index in [2.05, 4.69) is 9.71 Å². The predicted molar refractivity (Wildman–Crippen MR) is 107 cm³/mol. The summed E-state index contributed by atoms with van der Waals surface area (Å²) in [5, 5.41) is 0. The maximum absolute atomic E-state index is 13.4. The molecule has 8 nitrogen and oxygen atoms in total. The molecule has 1 amide bonds. The van der Waals surface area contributed by atoms with Crippen molar-refractivity contribution in [2.75, 3.05) is 13.1 Å². The molecular weight excluding hydrogens is 406 g/mol. The van der Waals surface area contributed by atoms with Crippen LogP contribution in [0.1, 0.15) is 46.3 Å². The van der Waals surface area contributed by atoms with Crippen LogP contribution in [0.3, 0.4) is 0 Å². The van der Waals surface area contributed by atoms with E-state index in [1.165, 1.54) is 6.20 Å². The molecular formula is C21H21N3O5S. The van der Waals surface area contributed by atoms with E-state index in [1.54, 1.807) is 6.20 Å². The number of nitrogens with one attached hydrogen (secondary N) is 1. The van der Waals surface area contributed by atoms with Crippen LogP contribution in [0.4, 0.5) is 0 Å². The number of thiol groups is 1. The lowest BCUT2D eigenvalue weighted by Crippen LogP contribution is -2.40. The molecule has 0 bridgehead atoms. The quantitative estimate of drug-likeness (QED) is 0.545. The molecule has 1 spiro atoms. The number of likely N-dealkylation sites (tertiary alicyclic amines) is 1. The Kier molecular flexibility index (Phi) is 4.41. The molecule has 1 aromatic heterocycles. The second kappa shape index (κ2) is 6.88. The van der Waals surface area contributed by atoms with Crippen molar-refractivity contribution in [3.8, 4) is 0 Å². The molecule has 0 radical (unpaired) electrons. The number of carbonyl (C=O) groups excluding carboxylic acids is 2. The molecule has 1 aromatic carbocycles. The molecule has 2 fully saturated rings. The summed E-state index contributed by atoms with van der Waals surface area (Å²) in [6.07, 6.45) is 5.31. The summed E-state index contributed by atoms with van der Waals surface area (Å²) in [5.41, 5.74) is 1.77. The van der Waals surface area contributed by atoms with E-state index in [0.717, 1.165) is 29.5 Å². The van der Waals surface area contributed by atoms with Gasteiger partial charge < -0.3 is 9.64 Å². The number of benzene rings is 1. The van der Waals surface area contributed by atoms with Gasteiger partial charge in [0.25, 0.3) is 0 Å². The molecule has 156 valence electrons. The van der Waals surface area contributed by atoms with Gasteiger partial charge in [0.15, 0.2) is 5.60 Å². The Morgan fingerprint density at radius 3 is 2.63 bits per heavy atom. The number of hydrogen-bond donors (Lipinski definition) is 2. The fraction of sp³-hybridized carbons (Fsp3) is 0.381. The number of nitrogens with zero attached hydrogens (tertiary/aromatic N) is 2.